The number of aromatic carboxylic acids is 1. The zero-order chi connectivity index (χ0) is 14.0. The second kappa shape index (κ2) is 5.05. The van der Waals surface area contributed by atoms with Crippen LogP contribution >= 0.6 is 0 Å². The molecule has 19 heavy (non-hydrogen) atoms. The highest BCUT2D eigenvalue weighted by atomic mass is 32.2. The highest BCUT2D eigenvalue weighted by molar-refractivity contribution is 7.90. The number of fused-ring (bicyclic) bond motifs is 1. The first-order valence-electron chi connectivity index (χ1n) is 5.87. The van der Waals surface area contributed by atoms with Crippen molar-refractivity contribution in [1.82, 2.24) is 0 Å². The summed E-state index contributed by atoms with van der Waals surface area (Å²) in [6, 6.07) is 6.29. The standard InChI is InChI=1S/C13H14O5S/c1-2-5-19(16,17)8-9-3-4-11-10(6-9)7-12(18-11)13(14)15/h3-4,6-7H,2,5,8H2,1H3,(H,14,15). The summed E-state index contributed by atoms with van der Waals surface area (Å²) >= 11 is 0. The highest BCUT2D eigenvalue weighted by Gasteiger charge is 2.14. The van der Waals surface area contributed by atoms with Crippen molar-refractivity contribution in [2.24, 2.45) is 0 Å². The summed E-state index contributed by atoms with van der Waals surface area (Å²) in [6.07, 6.45) is 0.583. The molecule has 1 aromatic carbocycles. The Kier molecular flexibility index (Phi) is 3.61. The fraction of sp³-hybridized carbons (Fsp3) is 0.308. The van der Waals surface area contributed by atoms with E-state index in [2.05, 4.69) is 0 Å². The molecule has 6 heteroatoms. The molecular weight excluding hydrogens is 268 g/mol. The molecular formula is C13H14O5S. The van der Waals surface area contributed by atoms with E-state index in [1.54, 1.807) is 18.2 Å². The molecule has 0 atom stereocenters. The number of hydrogen-bond donors (Lipinski definition) is 1. The van der Waals surface area contributed by atoms with E-state index in [-0.39, 0.29) is 17.3 Å². The smallest absolute Gasteiger partial charge is 0.371 e. The van der Waals surface area contributed by atoms with E-state index >= 15 is 0 Å². The van der Waals surface area contributed by atoms with Crippen LogP contribution < -0.4 is 0 Å². The van der Waals surface area contributed by atoms with Gasteiger partial charge in [-0.15, -0.1) is 0 Å². The highest BCUT2D eigenvalue weighted by Crippen LogP contribution is 2.22. The number of carboxylic acid groups (broad SMARTS) is 1. The lowest BCUT2D eigenvalue weighted by Gasteiger charge is -2.02. The number of rotatable bonds is 5. The van der Waals surface area contributed by atoms with Crippen molar-refractivity contribution in [2.75, 3.05) is 5.75 Å². The van der Waals surface area contributed by atoms with Crippen molar-refractivity contribution >= 4 is 26.8 Å². The number of benzene rings is 1. The topological polar surface area (TPSA) is 84.6 Å². The molecule has 0 bridgehead atoms. The summed E-state index contributed by atoms with van der Waals surface area (Å²) in [5.41, 5.74) is 1.08. The Hall–Kier alpha value is -1.82. The van der Waals surface area contributed by atoms with Gasteiger partial charge in [0.1, 0.15) is 5.58 Å². The third-order valence-corrected chi connectivity index (χ3v) is 4.50. The van der Waals surface area contributed by atoms with Gasteiger partial charge < -0.3 is 9.52 Å². The molecule has 0 saturated carbocycles. The number of sulfone groups is 1. The normalized spacial score (nSPS) is 11.8. The van der Waals surface area contributed by atoms with Crippen LogP contribution in [0.1, 0.15) is 29.5 Å². The van der Waals surface area contributed by atoms with E-state index in [9.17, 15) is 13.2 Å². The van der Waals surface area contributed by atoms with Gasteiger partial charge in [0.05, 0.1) is 11.5 Å². The molecule has 0 aliphatic carbocycles. The third-order valence-electron chi connectivity index (χ3n) is 2.69. The lowest BCUT2D eigenvalue weighted by molar-refractivity contribution is 0.0665. The Balaban J connectivity index is 2.34. The average Bonchev–Trinajstić information content (AvgIpc) is 2.71. The first kappa shape index (κ1) is 13.6. The molecule has 0 amide bonds. The molecule has 0 unspecified atom stereocenters. The minimum atomic E-state index is -3.11. The van der Waals surface area contributed by atoms with Gasteiger partial charge in [0, 0.05) is 5.39 Å². The van der Waals surface area contributed by atoms with E-state index in [0.29, 0.717) is 23.0 Å². The number of hydrogen-bond acceptors (Lipinski definition) is 4. The molecule has 1 heterocycles. The van der Waals surface area contributed by atoms with Crippen molar-refractivity contribution in [3.05, 3.63) is 35.6 Å². The minimum absolute atomic E-state index is 0.0373. The molecule has 0 spiro atoms. The molecule has 1 N–H and O–H groups in total. The van der Waals surface area contributed by atoms with Gasteiger partial charge in [-0.05, 0) is 30.2 Å². The molecule has 0 aliphatic heterocycles. The van der Waals surface area contributed by atoms with Crippen LogP contribution in [-0.4, -0.2) is 25.2 Å². The monoisotopic (exact) mass is 282 g/mol. The van der Waals surface area contributed by atoms with Gasteiger partial charge in [-0.25, -0.2) is 13.2 Å². The van der Waals surface area contributed by atoms with Crippen molar-refractivity contribution < 1.29 is 22.7 Å². The Bertz CT molecular complexity index is 712. The average molecular weight is 282 g/mol. The van der Waals surface area contributed by atoms with Crippen molar-refractivity contribution in [1.29, 1.82) is 0 Å². The van der Waals surface area contributed by atoms with E-state index < -0.39 is 15.8 Å². The number of furan rings is 1. The van der Waals surface area contributed by atoms with Crippen LogP contribution in [0.5, 0.6) is 0 Å². The quantitative estimate of drug-likeness (QED) is 0.910. The van der Waals surface area contributed by atoms with Gasteiger partial charge in [0.15, 0.2) is 9.84 Å². The molecule has 0 radical (unpaired) electrons. The molecule has 1 aromatic heterocycles. The SMILES string of the molecule is CCCS(=O)(=O)Cc1ccc2oc(C(=O)O)cc2c1. The Morgan fingerprint density at radius 2 is 2.05 bits per heavy atom. The van der Waals surface area contributed by atoms with Crippen molar-refractivity contribution in [3.8, 4) is 0 Å². The van der Waals surface area contributed by atoms with Gasteiger partial charge >= 0.3 is 5.97 Å². The summed E-state index contributed by atoms with van der Waals surface area (Å²) < 4.78 is 28.6. The lowest BCUT2D eigenvalue weighted by atomic mass is 10.2. The maximum Gasteiger partial charge on any atom is 0.371 e. The molecule has 0 aliphatic rings. The van der Waals surface area contributed by atoms with Crippen LogP contribution in [0, 0.1) is 0 Å². The molecule has 102 valence electrons. The van der Waals surface area contributed by atoms with Crippen LogP contribution in [-0.2, 0) is 15.6 Å². The van der Waals surface area contributed by atoms with Gasteiger partial charge in [-0.3, -0.25) is 0 Å². The van der Waals surface area contributed by atoms with Crippen LogP contribution in [0.3, 0.4) is 0 Å². The Morgan fingerprint density at radius 1 is 1.32 bits per heavy atom. The van der Waals surface area contributed by atoms with Gasteiger partial charge in [-0.1, -0.05) is 13.0 Å². The molecule has 5 nitrogen and oxygen atoms in total. The van der Waals surface area contributed by atoms with Crippen LogP contribution in [0.15, 0.2) is 28.7 Å². The predicted molar refractivity (Wildman–Crippen MR) is 71.0 cm³/mol. The largest absolute Gasteiger partial charge is 0.475 e. The zero-order valence-corrected chi connectivity index (χ0v) is 11.2. The number of carboxylic acids is 1. The van der Waals surface area contributed by atoms with Gasteiger partial charge in [-0.2, -0.15) is 0 Å². The van der Waals surface area contributed by atoms with Crippen LogP contribution in [0.4, 0.5) is 0 Å². The summed E-state index contributed by atoms with van der Waals surface area (Å²) in [4.78, 5) is 10.8. The third kappa shape index (κ3) is 3.14. The summed E-state index contributed by atoms with van der Waals surface area (Å²) in [6.45, 7) is 1.82. The second-order valence-electron chi connectivity index (χ2n) is 4.38. The zero-order valence-electron chi connectivity index (χ0n) is 10.4. The molecule has 2 aromatic rings. The predicted octanol–water partition coefficient (Wildman–Crippen LogP) is 2.46. The van der Waals surface area contributed by atoms with Gasteiger partial charge in [0.25, 0.3) is 0 Å². The maximum atomic E-state index is 11.7. The minimum Gasteiger partial charge on any atom is -0.475 e. The Morgan fingerprint density at radius 3 is 2.68 bits per heavy atom. The number of carbonyl (C=O) groups is 1. The second-order valence-corrected chi connectivity index (χ2v) is 6.56. The van der Waals surface area contributed by atoms with Crippen molar-refractivity contribution in [3.63, 3.8) is 0 Å². The van der Waals surface area contributed by atoms with E-state index in [1.165, 1.54) is 6.07 Å². The summed E-state index contributed by atoms with van der Waals surface area (Å²) in [5, 5.41) is 9.42. The van der Waals surface area contributed by atoms with Crippen LogP contribution in [0.2, 0.25) is 0 Å². The molecule has 2 rings (SSSR count). The molecule has 0 saturated heterocycles. The Labute approximate surface area is 110 Å². The van der Waals surface area contributed by atoms with Crippen molar-refractivity contribution in [2.45, 2.75) is 19.1 Å². The van der Waals surface area contributed by atoms with E-state index in [4.69, 9.17) is 9.52 Å². The van der Waals surface area contributed by atoms with E-state index in [1.807, 2.05) is 6.92 Å². The fourth-order valence-electron chi connectivity index (χ4n) is 1.93. The van der Waals surface area contributed by atoms with Crippen LogP contribution in [0.25, 0.3) is 11.0 Å². The lowest BCUT2D eigenvalue weighted by Crippen LogP contribution is -2.08. The summed E-state index contributed by atoms with van der Waals surface area (Å²) in [5.74, 6) is -1.18. The molecule has 0 fully saturated rings. The maximum absolute atomic E-state index is 11.7. The first-order valence-corrected chi connectivity index (χ1v) is 7.69. The first-order chi connectivity index (χ1) is 8.91. The fourth-order valence-corrected chi connectivity index (χ4v) is 3.38. The van der Waals surface area contributed by atoms with E-state index in [0.717, 1.165) is 0 Å². The summed E-state index contributed by atoms with van der Waals surface area (Å²) in [7, 11) is -3.11. The van der Waals surface area contributed by atoms with Gasteiger partial charge in [0.2, 0.25) is 5.76 Å².